The van der Waals surface area contributed by atoms with Gasteiger partial charge in [-0.25, -0.2) is 0 Å². The molecule has 0 saturated carbocycles. The van der Waals surface area contributed by atoms with Crippen molar-refractivity contribution in [1.82, 2.24) is 10.6 Å². The van der Waals surface area contributed by atoms with E-state index in [0.29, 0.717) is 0 Å². The van der Waals surface area contributed by atoms with Crippen LogP contribution in [0.4, 0.5) is 0 Å². The van der Waals surface area contributed by atoms with Gasteiger partial charge in [-0.15, -0.1) is 0 Å². The van der Waals surface area contributed by atoms with Gasteiger partial charge in [0, 0.05) is 53.7 Å². The summed E-state index contributed by atoms with van der Waals surface area (Å²) in [5, 5.41) is 6.24. The van der Waals surface area contributed by atoms with E-state index < -0.39 is 0 Å². The monoisotopic (exact) mass is 417 g/mol. The number of hydrogen-bond acceptors (Lipinski definition) is 4. The Labute approximate surface area is 173 Å². The van der Waals surface area contributed by atoms with E-state index in [2.05, 4.69) is 24.5 Å². The van der Waals surface area contributed by atoms with Gasteiger partial charge in [-0.2, -0.15) is 0 Å². The summed E-state index contributed by atoms with van der Waals surface area (Å²) < 4.78 is 0. The van der Waals surface area contributed by atoms with Crippen LogP contribution in [0, 0.1) is 0 Å². The summed E-state index contributed by atoms with van der Waals surface area (Å²) in [6, 6.07) is 0. The smallest absolute Gasteiger partial charge is 0.187 e. The third-order valence-corrected chi connectivity index (χ3v) is 3.70. The quantitative estimate of drug-likeness (QED) is 0.357. The average Bonchev–Trinajstić information content (AvgIpc) is 2.66. The summed E-state index contributed by atoms with van der Waals surface area (Å²) in [6.45, 7) is 6.15. The number of rotatable bonds is 8. The topological polar surface area (TPSA) is 58.2 Å². The minimum atomic E-state index is 0. The molecule has 0 bridgehead atoms. The fraction of sp³-hybridized carbons (Fsp3) is 0.364. The molecule has 0 fully saturated rings. The van der Waals surface area contributed by atoms with E-state index in [1.54, 1.807) is 36.7 Å². The standard InChI is InChI=1S/2C11H15NO.Cu/c2*1-2-3-8-12-9-10-6-4-5-7-11(10)13;/h2*4-7,9,12H,2-3,8H2,1H3;/b2*10-9-;. The zero-order valence-corrected chi connectivity index (χ0v) is 17.1. The second-order valence-electron chi connectivity index (χ2n) is 5.98. The maximum atomic E-state index is 11.2. The summed E-state index contributed by atoms with van der Waals surface area (Å²) in [4.78, 5) is 22.4. The van der Waals surface area contributed by atoms with E-state index in [9.17, 15) is 9.59 Å². The van der Waals surface area contributed by atoms with Gasteiger partial charge in [-0.1, -0.05) is 51.0 Å². The zero-order chi connectivity index (χ0) is 19.0. The molecular formula is C22H30CuN2O2. The second-order valence-corrected chi connectivity index (χ2v) is 5.98. The van der Waals surface area contributed by atoms with Gasteiger partial charge < -0.3 is 10.6 Å². The molecule has 2 N–H and O–H groups in total. The van der Waals surface area contributed by atoms with Gasteiger partial charge in [-0.05, 0) is 37.1 Å². The van der Waals surface area contributed by atoms with Crippen LogP contribution in [0.15, 0.2) is 72.2 Å². The minimum absolute atomic E-state index is 0. The molecule has 0 aromatic rings. The number of ketones is 2. The molecule has 0 aromatic carbocycles. The number of carbonyl (C=O) groups excluding carboxylic acids is 2. The zero-order valence-electron chi connectivity index (χ0n) is 16.1. The Hall–Kier alpha value is -2.10. The Morgan fingerprint density at radius 1 is 0.704 bits per heavy atom. The number of hydrogen-bond donors (Lipinski definition) is 2. The van der Waals surface area contributed by atoms with Gasteiger partial charge >= 0.3 is 0 Å². The van der Waals surface area contributed by atoms with Crippen LogP contribution in [-0.2, 0) is 26.7 Å². The maximum Gasteiger partial charge on any atom is 0.187 e. The van der Waals surface area contributed by atoms with Crippen molar-refractivity contribution in [3.63, 3.8) is 0 Å². The summed E-state index contributed by atoms with van der Waals surface area (Å²) in [5.41, 5.74) is 1.47. The molecule has 5 heteroatoms. The Kier molecular flexibility index (Phi) is 14.8. The molecule has 27 heavy (non-hydrogen) atoms. The molecule has 0 aliphatic heterocycles. The Morgan fingerprint density at radius 2 is 1.07 bits per heavy atom. The number of carbonyl (C=O) groups is 2. The van der Waals surface area contributed by atoms with E-state index >= 15 is 0 Å². The molecule has 0 amide bonds. The average molecular weight is 418 g/mol. The summed E-state index contributed by atoms with van der Waals surface area (Å²) in [7, 11) is 0. The van der Waals surface area contributed by atoms with Gasteiger partial charge in [0.25, 0.3) is 0 Å². The normalized spacial score (nSPS) is 17.6. The van der Waals surface area contributed by atoms with Crippen LogP contribution < -0.4 is 10.6 Å². The largest absolute Gasteiger partial charge is 0.390 e. The number of unbranched alkanes of at least 4 members (excludes halogenated alkanes) is 2. The second kappa shape index (κ2) is 16.1. The molecule has 2 rings (SSSR count). The molecule has 1 radical (unpaired) electrons. The molecule has 0 atom stereocenters. The van der Waals surface area contributed by atoms with E-state index in [0.717, 1.165) is 37.1 Å². The van der Waals surface area contributed by atoms with Crippen molar-refractivity contribution < 1.29 is 26.7 Å². The first-order chi connectivity index (χ1) is 12.7. The van der Waals surface area contributed by atoms with Crippen molar-refractivity contribution in [2.75, 3.05) is 13.1 Å². The molecule has 0 spiro atoms. The molecular weight excluding hydrogens is 388 g/mol. The van der Waals surface area contributed by atoms with Gasteiger partial charge in [0.2, 0.25) is 0 Å². The van der Waals surface area contributed by atoms with E-state index in [-0.39, 0.29) is 28.6 Å². The first kappa shape index (κ1) is 24.9. The fourth-order valence-corrected chi connectivity index (χ4v) is 2.12. The first-order valence-electron chi connectivity index (χ1n) is 9.34. The predicted molar refractivity (Wildman–Crippen MR) is 109 cm³/mol. The van der Waals surface area contributed by atoms with E-state index in [1.807, 2.05) is 24.3 Å². The first-order valence-corrected chi connectivity index (χ1v) is 9.34. The van der Waals surface area contributed by atoms with E-state index in [1.165, 1.54) is 12.8 Å². The molecule has 151 valence electrons. The van der Waals surface area contributed by atoms with Crippen LogP contribution >= 0.6 is 0 Å². The van der Waals surface area contributed by atoms with Crippen LogP contribution in [0.1, 0.15) is 39.5 Å². The third-order valence-electron chi connectivity index (χ3n) is 3.70. The minimum Gasteiger partial charge on any atom is -0.390 e. The summed E-state index contributed by atoms with van der Waals surface area (Å²) >= 11 is 0. The molecule has 2 aliphatic carbocycles. The molecule has 0 aromatic heterocycles. The van der Waals surface area contributed by atoms with Crippen LogP contribution in [0.2, 0.25) is 0 Å². The van der Waals surface area contributed by atoms with Gasteiger partial charge in [-0.3, -0.25) is 9.59 Å². The Morgan fingerprint density at radius 3 is 1.41 bits per heavy atom. The molecule has 4 nitrogen and oxygen atoms in total. The Bertz CT molecular complexity index is 585. The van der Waals surface area contributed by atoms with Crippen LogP contribution in [0.25, 0.3) is 0 Å². The van der Waals surface area contributed by atoms with Crippen molar-refractivity contribution in [3.8, 4) is 0 Å². The van der Waals surface area contributed by atoms with Crippen molar-refractivity contribution >= 4 is 11.6 Å². The van der Waals surface area contributed by atoms with Gasteiger partial charge in [0.15, 0.2) is 11.6 Å². The number of nitrogens with one attached hydrogen (secondary N) is 2. The molecule has 0 heterocycles. The molecule has 2 aliphatic rings. The van der Waals surface area contributed by atoms with Crippen LogP contribution in [-0.4, -0.2) is 24.7 Å². The third kappa shape index (κ3) is 11.3. The molecule has 0 unspecified atom stereocenters. The van der Waals surface area contributed by atoms with Crippen LogP contribution in [0.5, 0.6) is 0 Å². The van der Waals surface area contributed by atoms with Crippen molar-refractivity contribution in [2.24, 2.45) is 0 Å². The summed E-state index contributed by atoms with van der Waals surface area (Å²) in [5.74, 6) is 0.151. The summed E-state index contributed by atoms with van der Waals surface area (Å²) in [6.07, 6.45) is 22.2. The van der Waals surface area contributed by atoms with Crippen molar-refractivity contribution in [2.45, 2.75) is 39.5 Å². The Balaban J connectivity index is 0.000000483. The van der Waals surface area contributed by atoms with Crippen molar-refractivity contribution in [3.05, 3.63) is 72.2 Å². The number of allylic oxidation sites excluding steroid dienone is 10. The van der Waals surface area contributed by atoms with E-state index in [4.69, 9.17) is 0 Å². The van der Waals surface area contributed by atoms with Gasteiger partial charge in [0.1, 0.15) is 0 Å². The maximum absolute atomic E-state index is 11.2. The molecule has 0 saturated heterocycles. The van der Waals surface area contributed by atoms with Crippen LogP contribution in [0.3, 0.4) is 0 Å². The SMILES string of the molecule is CCCCN/C=C1/C=CC=CC1=O.CCCCN/C=C1/C=CC=CC1=O.[Cu]. The van der Waals surface area contributed by atoms with Gasteiger partial charge in [0.05, 0.1) is 0 Å². The predicted octanol–water partition coefficient (Wildman–Crippen LogP) is 3.91. The van der Waals surface area contributed by atoms with Crippen molar-refractivity contribution in [1.29, 1.82) is 0 Å². The fourth-order valence-electron chi connectivity index (χ4n) is 2.12.